The summed E-state index contributed by atoms with van der Waals surface area (Å²) in [6.07, 6.45) is 1.54. The Hall–Kier alpha value is -1.90. The molecule has 1 amide bonds. The van der Waals surface area contributed by atoms with Crippen LogP contribution in [0, 0.1) is 23.7 Å². The Morgan fingerprint density at radius 1 is 1.31 bits per heavy atom. The molecule has 3 nitrogen and oxygen atoms in total. The molecule has 1 aromatic carbocycles. The van der Waals surface area contributed by atoms with Crippen molar-refractivity contribution in [3.8, 4) is 0 Å². The van der Waals surface area contributed by atoms with E-state index in [9.17, 15) is 9.59 Å². The number of aryl methyl sites for hydroxylation is 1. The number of rotatable bonds is 5. The first-order valence-corrected chi connectivity index (χ1v) is 9.56. The van der Waals surface area contributed by atoms with Gasteiger partial charge in [0, 0.05) is 19.4 Å². The molecule has 1 fully saturated rings. The summed E-state index contributed by atoms with van der Waals surface area (Å²) in [6.45, 7) is 17.3. The molecule has 142 valence electrons. The average Bonchev–Trinajstić information content (AvgIpc) is 2.94. The Morgan fingerprint density at radius 2 is 1.96 bits per heavy atom. The molecule has 0 radical (unpaired) electrons. The standard InChI is InChI=1S/C23H33NO2/c1-15(2)23(11-10-19(25)13-23)21(26)24-14-18-12-16(3)8-9-20(18)17(4)22(5,6)7/h8-9,12,15H,4,10-11,13-14H2,1-3,5-7H3,(H,24,26)/t23-/m0/s1. The van der Waals surface area contributed by atoms with E-state index in [1.807, 2.05) is 13.8 Å². The van der Waals surface area contributed by atoms with Gasteiger partial charge >= 0.3 is 0 Å². The number of benzene rings is 1. The van der Waals surface area contributed by atoms with Gasteiger partial charge in [-0.3, -0.25) is 9.59 Å². The third kappa shape index (κ3) is 4.08. The van der Waals surface area contributed by atoms with Gasteiger partial charge in [-0.25, -0.2) is 0 Å². The van der Waals surface area contributed by atoms with Crippen LogP contribution in [0.15, 0.2) is 24.8 Å². The van der Waals surface area contributed by atoms with Gasteiger partial charge < -0.3 is 5.32 Å². The molecule has 0 heterocycles. The van der Waals surface area contributed by atoms with Crippen LogP contribution in [0.2, 0.25) is 0 Å². The molecular formula is C23H33NO2. The lowest BCUT2D eigenvalue weighted by Gasteiger charge is -2.31. The van der Waals surface area contributed by atoms with Crippen LogP contribution in [0.1, 0.15) is 70.6 Å². The maximum absolute atomic E-state index is 13.0. The first-order chi connectivity index (χ1) is 12.0. The lowest BCUT2D eigenvalue weighted by atomic mass is 9.74. The van der Waals surface area contributed by atoms with Crippen molar-refractivity contribution in [2.45, 2.75) is 67.3 Å². The van der Waals surface area contributed by atoms with E-state index in [1.54, 1.807) is 0 Å². The van der Waals surface area contributed by atoms with Gasteiger partial charge in [-0.2, -0.15) is 0 Å². The van der Waals surface area contributed by atoms with Gasteiger partial charge in [0.1, 0.15) is 5.78 Å². The molecule has 3 heteroatoms. The predicted molar refractivity (Wildman–Crippen MR) is 108 cm³/mol. The zero-order valence-electron chi connectivity index (χ0n) is 17.2. The Kier molecular flexibility index (Phi) is 5.79. The minimum atomic E-state index is -0.553. The van der Waals surface area contributed by atoms with E-state index in [0.29, 0.717) is 25.8 Å². The number of allylic oxidation sites excluding steroid dienone is 1. The second kappa shape index (κ2) is 7.38. The molecule has 1 aliphatic carbocycles. The van der Waals surface area contributed by atoms with Gasteiger partial charge in [-0.15, -0.1) is 0 Å². The first-order valence-electron chi connectivity index (χ1n) is 9.56. The minimum Gasteiger partial charge on any atom is -0.352 e. The molecule has 1 atom stereocenters. The molecule has 0 unspecified atom stereocenters. The zero-order valence-corrected chi connectivity index (χ0v) is 17.2. The van der Waals surface area contributed by atoms with Crippen LogP contribution >= 0.6 is 0 Å². The predicted octanol–water partition coefficient (Wildman–Crippen LogP) is 5.07. The molecule has 0 bridgehead atoms. The summed E-state index contributed by atoms with van der Waals surface area (Å²) in [7, 11) is 0. The number of hydrogen-bond donors (Lipinski definition) is 1. The lowest BCUT2D eigenvalue weighted by molar-refractivity contribution is -0.135. The average molecular weight is 356 g/mol. The topological polar surface area (TPSA) is 46.2 Å². The van der Waals surface area contributed by atoms with Gasteiger partial charge in [0.05, 0.1) is 5.41 Å². The Morgan fingerprint density at radius 3 is 2.46 bits per heavy atom. The fraction of sp³-hybridized carbons (Fsp3) is 0.565. The van der Waals surface area contributed by atoms with Crippen molar-refractivity contribution < 1.29 is 9.59 Å². The van der Waals surface area contributed by atoms with Crippen molar-refractivity contribution in [1.29, 1.82) is 0 Å². The highest BCUT2D eigenvalue weighted by molar-refractivity contribution is 5.93. The van der Waals surface area contributed by atoms with E-state index in [0.717, 1.165) is 22.3 Å². The second-order valence-electron chi connectivity index (χ2n) is 9.10. The SMILES string of the molecule is C=C(c1ccc(C)cc1CNC(=O)[C@@]1(C(C)C)CCC(=O)C1)C(C)(C)C. The maximum atomic E-state index is 13.0. The number of Topliss-reactive ketones (excluding diaryl/α,β-unsaturated/α-hetero) is 1. The molecule has 0 saturated heterocycles. The van der Waals surface area contributed by atoms with Crippen LogP contribution in [0.4, 0.5) is 0 Å². The highest BCUT2D eigenvalue weighted by Gasteiger charge is 2.47. The minimum absolute atomic E-state index is 0.00665. The van der Waals surface area contributed by atoms with E-state index in [2.05, 4.69) is 57.8 Å². The monoisotopic (exact) mass is 355 g/mol. The summed E-state index contributed by atoms with van der Waals surface area (Å²) in [5, 5.41) is 3.13. The van der Waals surface area contributed by atoms with Gasteiger partial charge in [0.15, 0.2) is 0 Å². The van der Waals surface area contributed by atoms with Crippen LogP contribution in [0.25, 0.3) is 5.57 Å². The van der Waals surface area contributed by atoms with Gasteiger partial charge in [-0.05, 0) is 41.4 Å². The molecule has 0 aliphatic heterocycles. The fourth-order valence-electron chi connectivity index (χ4n) is 3.76. The van der Waals surface area contributed by atoms with Crippen LogP contribution < -0.4 is 5.32 Å². The van der Waals surface area contributed by atoms with Crippen LogP contribution in [-0.4, -0.2) is 11.7 Å². The number of carbonyl (C=O) groups excluding carboxylic acids is 2. The molecular weight excluding hydrogens is 322 g/mol. The van der Waals surface area contributed by atoms with E-state index >= 15 is 0 Å². The van der Waals surface area contributed by atoms with Crippen molar-refractivity contribution in [2.24, 2.45) is 16.7 Å². The molecule has 1 N–H and O–H groups in total. The first kappa shape index (κ1) is 20.4. The lowest BCUT2D eigenvalue weighted by Crippen LogP contribution is -2.42. The smallest absolute Gasteiger partial charge is 0.227 e. The summed E-state index contributed by atoms with van der Waals surface area (Å²) in [6, 6.07) is 6.30. The van der Waals surface area contributed by atoms with Crippen LogP contribution in [0.3, 0.4) is 0 Å². The maximum Gasteiger partial charge on any atom is 0.227 e. The van der Waals surface area contributed by atoms with Gasteiger partial charge in [0.2, 0.25) is 5.91 Å². The third-order valence-electron chi connectivity index (χ3n) is 5.85. The highest BCUT2D eigenvalue weighted by Crippen LogP contribution is 2.43. The number of ketones is 1. The fourth-order valence-corrected chi connectivity index (χ4v) is 3.76. The second-order valence-corrected chi connectivity index (χ2v) is 9.10. The quantitative estimate of drug-likeness (QED) is 0.802. The van der Waals surface area contributed by atoms with E-state index in [4.69, 9.17) is 0 Å². The van der Waals surface area contributed by atoms with Crippen LogP contribution in [-0.2, 0) is 16.1 Å². The van der Waals surface area contributed by atoms with Crippen molar-refractivity contribution in [2.75, 3.05) is 0 Å². The molecule has 0 spiro atoms. The number of nitrogens with one attached hydrogen (secondary N) is 1. The molecule has 2 rings (SSSR count). The Bertz CT molecular complexity index is 724. The van der Waals surface area contributed by atoms with Crippen LogP contribution in [0.5, 0.6) is 0 Å². The number of hydrogen-bond acceptors (Lipinski definition) is 2. The molecule has 1 aromatic rings. The Labute approximate surface area is 158 Å². The van der Waals surface area contributed by atoms with Gasteiger partial charge in [0.25, 0.3) is 0 Å². The van der Waals surface area contributed by atoms with Gasteiger partial charge in [-0.1, -0.05) is 65.0 Å². The number of carbonyl (C=O) groups is 2. The number of amides is 1. The van der Waals surface area contributed by atoms with Crippen molar-refractivity contribution in [1.82, 2.24) is 5.32 Å². The zero-order chi connectivity index (χ0) is 19.7. The van der Waals surface area contributed by atoms with E-state index < -0.39 is 5.41 Å². The van der Waals surface area contributed by atoms with Crippen molar-refractivity contribution in [3.63, 3.8) is 0 Å². The summed E-state index contributed by atoms with van der Waals surface area (Å²) < 4.78 is 0. The highest BCUT2D eigenvalue weighted by atomic mass is 16.2. The molecule has 26 heavy (non-hydrogen) atoms. The third-order valence-corrected chi connectivity index (χ3v) is 5.85. The summed E-state index contributed by atoms with van der Waals surface area (Å²) >= 11 is 0. The summed E-state index contributed by atoms with van der Waals surface area (Å²) in [4.78, 5) is 24.9. The largest absolute Gasteiger partial charge is 0.352 e. The van der Waals surface area contributed by atoms with Crippen molar-refractivity contribution in [3.05, 3.63) is 41.5 Å². The Balaban J connectivity index is 2.24. The van der Waals surface area contributed by atoms with E-state index in [1.165, 1.54) is 0 Å². The molecule has 0 aromatic heterocycles. The van der Waals surface area contributed by atoms with Crippen molar-refractivity contribution >= 4 is 17.3 Å². The summed E-state index contributed by atoms with van der Waals surface area (Å²) in [5.74, 6) is 0.355. The molecule has 1 saturated carbocycles. The van der Waals surface area contributed by atoms with E-state index in [-0.39, 0.29) is 23.0 Å². The summed E-state index contributed by atoms with van der Waals surface area (Å²) in [5.41, 5.74) is 3.82. The molecule has 1 aliphatic rings. The normalized spacial score (nSPS) is 20.5.